The minimum Gasteiger partial charge on any atom is -0.494 e. The van der Waals surface area contributed by atoms with Gasteiger partial charge in [-0.15, -0.1) is 11.3 Å². The van der Waals surface area contributed by atoms with E-state index in [4.69, 9.17) is 10.5 Å². The number of nitrogens with one attached hydrogen (secondary N) is 1. The number of thiazole rings is 1. The average molecular weight is 291 g/mol. The van der Waals surface area contributed by atoms with Gasteiger partial charge in [-0.05, 0) is 31.2 Å². The molecule has 0 atom stereocenters. The molecule has 20 heavy (non-hydrogen) atoms. The highest BCUT2D eigenvalue weighted by Crippen LogP contribution is 2.26. The molecule has 2 aromatic rings. The summed E-state index contributed by atoms with van der Waals surface area (Å²) in [6.07, 6.45) is 0.304. The van der Waals surface area contributed by atoms with Gasteiger partial charge in [-0.3, -0.25) is 4.79 Å². The molecule has 0 unspecified atom stereocenters. The number of amides is 1. The molecule has 0 fully saturated rings. The highest BCUT2D eigenvalue weighted by molar-refractivity contribution is 7.14. The van der Waals surface area contributed by atoms with E-state index >= 15 is 0 Å². The Kier molecular flexibility index (Phi) is 5.09. The van der Waals surface area contributed by atoms with Crippen LogP contribution in [-0.4, -0.2) is 24.0 Å². The number of hydrogen-bond acceptors (Lipinski definition) is 5. The molecule has 0 spiro atoms. The second-order valence-corrected chi connectivity index (χ2v) is 4.94. The summed E-state index contributed by atoms with van der Waals surface area (Å²) >= 11 is 1.40. The first-order chi connectivity index (χ1) is 9.72. The summed E-state index contributed by atoms with van der Waals surface area (Å²) in [6.45, 7) is 2.93. The largest absolute Gasteiger partial charge is 0.494 e. The molecular weight excluding hydrogens is 274 g/mol. The zero-order valence-corrected chi connectivity index (χ0v) is 12.1. The zero-order valence-electron chi connectivity index (χ0n) is 11.3. The minimum atomic E-state index is -0.111. The maximum Gasteiger partial charge on any atom is 0.227 e. The fourth-order valence-electron chi connectivity index (χ4n) is 1.67. The van der Waals surface area contributed by atoms with E-state index in [1.165, 1.54) is 11.3 Å². The van der Waals surface area contributed by atoms with Crippen LogP contribution in [0, 0.1) is 0 Å². The van der Waals surface area contributed by atoms with Crippen molar-refractivity contribution in [2.24, 2.45) is 5.73 Å². The topological polar surface area (TPSA) is 77.2 Å². The lowest BCUT2D eigenvalue weighted by molar-refractivity contribution is -0.116. The first-order valence-corrected chi connectivity index (χ1v) is 7.29. The standard InChI is InChI=1S/C14H17N3O2S/c1-2-19-11-5-3-10(4-6-11)12-9-20-14(16-12)17-13(18)7-8-15/h3-6,9H,2,7-8,15H2,1H3,(H,16,17,18). The lowest BCUT2D eigenvalue weighted by Gasteiger charge is -2.03. The lowest BCUT2D eigenvalue weighted by Crippen LogP contribution is -2.15. The van der Waals surface area contributed by atoms with Crippen molar-refractivity contribution in [3.63, 3.8) is 0 Å². The van der Waals surface area contributed by atoms with Crippen LogP contribution in [0.1, 0.15) is 13.3 Å². The summed E-state index contributed by atoms with van der Waals surface area (Å²) < 4.78 is 5.39. The highest BCUT2D eigenvalue weighted by Gasteiger charge is 2.07. The smallest absolute Gasteiger partial charge is 0.227 e. The van der Waals surface area contributed by atoms with Gasteiger partial charge in [0.25, 0.3) is 0 Å². The van der Waals surface area contributed by atoms with Gasteiger partial charge in [-0.1, -0.05) is 0 Å². The molecule has 0 aliphatic carbocycles. The van der Waals surface area contributed by atoms with E-state index in [-0.39, 0.29) is 5.91 Å². The monoisotopic (exact) mass is 291 g/mol. The SMILES string of the molecule is CCOc1ccc(-c2csc(NC(=O)CCN)n2)cc1. The Hall–Kier alpha value is -1.92. The number of hydrogen-bond donors (Lipinski definition) is 2. The van der Waals surface area contributed by atoms with E-state index in [1.807, 2.05) is 36.6 Å². The van der Waals surface area contributed by atoms with Crippen molar-refractivity contribution in [2.75, 3.05) is 18.5 Å². The van der Waals surface area contributed by atoms with Gasteiger partial charge >= 0.3 is 0 Å². The Morgan fingerprint density at radius 3 is 2.80 bits per heavy atom. The second kappa shape index (κ2) is 7.02. The molecule has 6 heteroatoms. The Bertz CT molecular complexity index is 566. The number of carbonyl (C=O) groups excluding carboxylic acids is 1. The normalized spacial score (nSPS) is 10.3. The quantitative estimate of drug-likeness (QED) is 0.857. The third-order valence-electron chi connectivity index (χ3n) is 2.58. The molecule has 1 heterocycles. The van der Waals surface area contributed by atoms with Gasteiger partial charge < -0.3 is 15.8 Å². The zero-order chi connectivity index (χ0) is 14.4. The number of nitrogens with zero attached hydrogens (tertiary/aromatic N) is 1. The molecule has 0 aliphatic rings. The predicted octanol–water partition coefficient (Wildman–Crippen LogP) is 2.50. The van der Waals surface area contributed by atoms with Gasteiger partial charge in [0.1, 0.15) is 5.75 Å². The van der Waals surface area contributed by atoms with Gasteiger partial charge in [0.2, 0.25) is 5.91 Å². The number of anilines is 1. The molecule has 0 bridgehead atoms. The Morgan fingerprint density at radius 1 is 1.40 bits per heavy atom. The maximum absolute atomic E-state index is 11.4. The minimum absolute atomic E-state index is 0.111. The van der Waals surface area contributed by atoms with Gasteiger partial charge in [0, 0.05) is 23.9 Å². The van der Waals surface area contributed by atoms with Crippen LogP contribution < -0.4 is 15.8 Å². The molecule has 5 nitrogen and oxygen atoms in total. The summed E-state index contributed by atoms with van der Waals surface area (Å²) in [7, 11) is 0. The molecule has 1 aromatic heterocycles. The molecule has 1 aromatic carbocycles. The lowest BCUT2D eigenvalue weighted by atomic mass is 10.2. The van der Waals surface area contributed by atoms with Crippen molar-refractivity contribution in [2.45, 2.75) is 13.3 Å². The fourth-order valence-corrected chi connectivity index (χ4v) is 2.40. The van der Waals surface area contributed by atoms with Crippen LogP contribution in [0.15, 0.2) is 29.6 Å². The van der Waals surface area contributed by atoms with Crippen LogP contribution in [0.2, 0.25) is 0 Å². The predicted molar refractivity (Wildman–Crippen MR) is 81.0 cm³/mol. The van der Waals surface area contributed by atoms with Crippen molar-refractivity contribution in [1.82, 2.24) is 4.98 Å². The molecule has 106 valence electrons. The molecular formula is C14H17N3O2S. The van der Waals surface area contributed by atoms with Crippen molar-refractivity contribution in [1.29, 1.82) is 0 Å². The van der Waals surface area contributed by atoms with Crippen LogP contribution in [0.25, 0.3) is 11.3 Å². The Labute approximate surface area is 121 Å². The molecule has 0 saturated heterocycles. The van der Waals surface area contributed by atoms with E-state index in [9.17, 15) is 4.79 Å². The number of rotatable bonds is 6. The number of benzene rings is 1. The summed E-state index contributed by atoms with van der Waals surface area (Å²) in [6, 6.07) is 7.72. The molecule has 0 radical (unpaired) electrons. The summed E-state index contributed by atoms with van der Waals surface area (Å²) in [5.74, 6) is 0.725. The second-order valence-electron chi connectivity index (χ2n) is 4.08. The van der Waals surface area contributed by atoms with E-state index in [1.54, 1.807) is 0 Å². The fraction of sp³-hybridized carbons (Fsp3) is 0.286. The van der Waals surface area contributed by atoms with Crippen molar-refractivity contribution in [3.05, 3.63) is 29.6 Å². The maximum atomic E-state index is 11.4. The van der Waals surface area contributed by atoms with Gasteiger partial charge in [-0.2, -0.15) is 0 Å². The van der Waals surface area contributed by atoms with Crippen LogP contribution in [-0.2, 0) is 4.79 Å². The van der Waals surface area contributed by atoms with Gasteiger partial charge in [-0.25, -0.2) is 4.98 Å². The molecule has 3 N–H and O–H groups in total. The molecule has 0 aliphatic heterocycles. The van der Waals surface area contributed by atoms with Crippen LogP contribution in [0.4, 0.5) is 5.13 Å². The highest BCUT2D eigenvalue weighted by atomic mass is 32.1. The molecule has 2 rings (SSSR count). The van der Waals surface area contributed by atoms with Crippen LogP contribution in [0.5, 0.6) is 5.75 Å². The van der Waals surface area contributed by atoms with E-state index in [0.29, 0.717) is 24.7 Å². The number of nitrogens with two attached hydrogens (primary N) is 1. The summed E-state index contributed by atoms with van der Waals surface area (Å²) in [5, 5.41) is 5.23. The third-order valence-corrected chi connectivity index (χ3v) is 3.34. The summed E-state index contributed by atoms with van der Waals surface area (Å²) in [5.41, 5.74) is 7.15. The Morgan fingerprint density at radius 2 is 2.15 bits per heavy atom. The number of ether oxygens (including phenoxy) is 1. The number of aromatic nitrogens is 1. The van der Waals surface area contributed by atoms with Crippen LogP contribution >= 0.6 is 11.3 Å². The van der Waals surface area contributed by atoms with E-state index in [0.717, 1.165) is 17.0 Å². The summed E-state index contributed by atoms with van der Waals surface area (Å²) in [4.78, 5) is 15.8. The van der Waals surface area contributed by atoms with Gasteiger partial charge in [0.15, 0.2) is 5.13 Å². The third kappa shape index (κ3) is 3.79. The van der Waals surface area contributed by atoms with Crippen LogP contribution in [0.3, 0.4) is 0 Å². The van der Waals surface area contributed by atoms with Crippen molar-refractivity contribution in [3.8, 4) is 17.0 Å². The average Bonchev–Trinajstić information content (AvgIpc) is 2.88. The molecule has 0 saturated carbocycles. The van der Waals surface area contributed by atoms with E-state index in [2.05, 4.69) is 10.3 Å². The van der Waals surface area contributed by atoms with Gasteiger partial charge in [0.05, 0.1) is 12.3 Å². The Balaban J connectivity index is 2.06. The van der Waals surface area contributed by atoms with Crippen molar-refractivity contribution < 1.29 is 9.53 Å². The number of carbonyl (C=O) groups is 1. The van der Waals surface area contributed by atoms with Crippen molar-refractivity contribution >= 4 is 22.4 Å². The molecule has 1 amide bonds. The first-order valence-electron chi connectivity index (χ1n) is 6.41. The first kappa shape index (κ1) is 14.5. The van der Waals surface area contributed by atoms with E-state index < -0.39 is 0 Å².